The third-order valence-electron chi connectivity index (χ3n) is 3.50. The molecule has 6 heteroatoms. The van der Waals surface area contributed by atoms with Gasteiger partial charge in [0.25, 0.3) is 0 Å². The Morgan fingerprint density at radius 1 is 1.22 bits per heavy atom. The van der Waals surface area contributed by atoms with Gasteiger partial charge in [-0.2, -0.15) is 13.2 Å². The Hall–Kier alpha value is -0.620. The number of halogens is 3. The van der Waals surface area contributed by atoms with E-state index in [1.807, 2.05) is 0 Å². The summed E-state index contributed by atoms with van der Waals surface area (Å²) in [5.74, 6) is 0.300. The maximum Gasteiger partial charge on any atom is 0.443 e. The first-order valence-electron chi connectivity index (χ1n) is 6.27. The van der Waals surface area contributed by atoms with Crippen molar-refractivity contribution in [3.63, 3.8) is 0 Å². The molecule has 0 aromatic carbocycles. The van der Waals surface area contributed by atoms with Crippen molar-refractivity contribution >= 4 is 11.3 Å². The SMILES string of the molecule is NC(c1cnc(C(F)(F)F)s1)C1CCCCCC1. The summed E-state index contributed by atoms with van der Waals surface area (Å²) in [5, 5.41) is -0.790. The Labute approximate surface area is 108 Å². The smallest absolute Gasteiger partial charge is 0.323 e. The van der Waals surface area contributed by atoms with Crippen LogP contribution in [0.2, 0.25) is 0 Å². The van der Waals surface area contributed by atoms with E-state index in [-0.39, 0.29) is 6.04 Å². The Bertz CT molecular complexity index is 381. The summed E-state index contributed by atoms with van der Waals surface area (Å²) in [6.45, 7) is 0. The van der Waals surface area contributed by atoms with Gasteiger partial charge in [-0.1, -0.05) is 25.7 Å². The zero-order valence-electron chi connectivity index (χ0n) is 10.0. The minimum absolute atomic E-state index is 0.295. The number of rotatable bonds is 2. The van der Waals surface area contributed by atoms with Crippen molar-refractivity contribution in [3.8, 4) is 0 Å². The fourth-order valence-electron chi connectivity index (χ4n) is 2.47. The molecule has 1 aromatic rings. The molecule has 1 atom stereocenters. The first kappa shape index (κ1) is 13.8. The van der Waals surface area contributed by atoms with Gasteiger partial charge in [-0.05, 0) is 18.8 Å². The quantitative estimate of drug-likeness (QED) is 0.826. The zero-order chi connectivity index (χ0) is 13.2. The molecular weight excluding hydrogens is 261 g/mol. The summed E-state index contributed by atoms with van der Waals surface area (Å²) >= 11 is 0.687. The summed E-state index contributed by atoms with van der Waals surface area (Å²) in [6.07, 6.45) is 3.64. The van der Waals surface area contributed by atoms with Crippen LogP contribution in [0.5, 0.6) is 0 Å². The van der Waals surface area contributed by atoms with Crippen LogP contribution in [0.25, 0.3) is 0 Å². The lowest BCUT2D eigenvalue weighted by atomic mass is 9.92. The summed E-state index contributed by atoms with van der Waals surface area (Å²) in [7, 11) is 0. The van der Waals surface area contributed by atoms with Gasteiger partial charge < -0.3 is 5.73 Å². The van der Waals surface area contributed by atoms with E-state index in [1.54, 1.807) is 0 Å². The average molecular weight is 278 g/mol. The lowest BCUT2D eigenvalue weighted by Crippen LogP contribution is -2.20. The number of aromatic nitrogens is 1. The molecule has 18 heavy (non-hydrogen) atoms. The fourth-order valence-corrected chi connectivity index (χ4v) is 3.35. The molecule has 1 unspecified atom stereocenters. The van der Waals surface area contributed by atoms with Crippen molar-refractivity contribution in [1.29, 1.82) is 0 Å². The predicted molar refractivity (Wildman–Crippen MR) is 65.2 cm³/mol. The Morgan fingerprint density at radius 3 is 2.33 bits per heavy atom. The predicted octanol–water partition coefficient (Wildman–Crippen LogP) is 4.13. The van der Waals surface area contributed by atoms with Gasteiger partial charge in [-0.25, -0.2) is 4.98 Å². The van der Waals surface area contributed by atoms with Crippen molar-refractivity contribution in [1.82, 2.24) is 4.98 Å². The molecular formula is C12H17F3N2S. The molecule has 1 aliphatic carbocycles. The van der Waals surface area contributed by atoms with E-state index >= 15 is 0 Å². The second-order valence-corrected chi connectivity index (χ2v) is 5.91. The lowest BCUT2D eigenvalue weighted by Gasteiger charge is -2.20. The van der Waals surface area contributed by atoms with Crippen molar-refractivity contribution in [2.45, 2.75) is 50.7 Å². The van der Waals surface area contributed by atoms with E-state index in [9.17, 15) is 13.2 Å². The minimum Gasteiger partial charge on any atom is -0.323 e. The molecule has 0 saturated heterocycles. The van der Waals surface area contributed by atoms with Gasteiger partial charge >= 0.3 is 6.18 Å². The molecule has 2 N–H and O–H groups in total. The normalized spacial score (nSPS) is 20.7. The van der Waals surface area contributed by atoms with E-state index in [2.05, 4.69) is 4.98 Å². The molecule has 102 valence electrons. The number of alkyl halides is 3. The summed E-state index contributed by atoms with van der Waals surface area (Å²) in [6, 6.07) is -0.295. The number of nitrogens with zero attached hydrogens (tertiary/aromatic N) is 1. The maximum absolute atomic E-state index is 12.5. The molecule has 1 aliphatic rings. The van der Waals surface area contributed by atoms with E-state index in [1.165, 1.54) is 19.0 Å². The van der Waals surface area contributed by atoms with Crippen LogP contribution >= 0.6 is 11.3 Å². The molecule has 0 aliphatic heterocycles. The van der Waals surface area contributed by atoms with Crippen molar-refractivity contribution in [2.75, 3.05) is 0 Å². The van der Waals surface area contributed by atoms with Crippen molar-refractivity contribution in [3.05, 3.63) is 16.1 Å². The first-order valence-corrected chi connectivity index (χ1v) is 7.08. The highest BCUT2D eigenvalue weighted by Crippen LogP contribution is 2.38. The molecule has 0 spiro atoms. The molecule has 0 radical (unpaired) electrons. The van der Waals surface area contributed by atoms with Crippen LogP contribution in [0.3, 0.4) is 0 Å². The molecule has 0 amide bonds. The second-order valence-electron chi connectivity index (χ2n) is 4.84. The molecule has 2 rings (SSSR count). The highest BCUT2D eigenvalue weighted by atomic mass is 32.1. The van der Waals surface area contributed by atoms with Crippen LogP contribution in [-0.4, -0.2) is 4.98 Å². The van der Waals surface area contributed by atoms with Crippen LogP contribution < -0.4 is 5.73 Å². The first-order chi connectivity index (χ1) is 8.48. The fraction of sp³-hybridized carbons (Fsp3) is 0.750. The third-order valence-corrected chi connectivity index (χ3v) is 4.65. The Morgan fingerprint density at radius 2 is 1.83 bits per heavy atom. The van der Waals surface area contributed by atoms with Crippen molar-refractivity contribution < 1.29 is 13.2 Å². The molecule has 2 nitrogen and oxygen atoms in total. The standard InChI is InChI=1S/C12H17F3N2S/c13-12(14,15)11-17-7-9(18-11)10(16)8-5-3-1-2-4-6-8/h7-8,10H,1-6,16H2. The number of thiazole rings is 1. The van der Waals surface area contributed by atoms with Crippen molar-refractivity contribution in [2.24, 2.45) is 11.7 Å². The van der Waals surface area contributed by atoms with Gasteiger partial charge in [-0.15, -0.1) is 11.3 Å². The van der Waals surface area contributed by atoms with Gasteiger partial charge in [-0.3, -0.25) is 0 Å². The minimum atomic E-state index is -4.36. The highest BCUT2D eigenvalue weighted by Gasteiger charge is 2.35. The van der Waals surface area contributed by atoms with E-state index in [4.69, 9.17) is 5.73 Å². The molecule has 0 bridgehead atoms. The van der Waals surface area contributed by atoms with Crippen LogP contribution in [-0.2, 0) is 6.18 Å². The maximum atomic E-state index is 12.5. The van der Waals surface area contributed by atoms with E-state index in [0.717, 1.165) is 25.7 Å². The van der Waals surface area contributed by atoms with Crippen LogP contribution in [0, 0.1) is 5.92 Å². The Kier molecular flexibility index (Phi) is 4.27. The lowest BCUT2D eigenvalue weighted by molar-refractivity contribution is -0.137. The molecule has 1 saturated carbocycles. The van der Waals surface area contributed by atoms with Gasteiger partial charge in [0.2, 0.25) is 0 Å². The molecule has 1 heterocycles. The summed E-state index contributed by atoms with van der Waals surface area (Å²) in [4.78, 5) is 4.00. The Balaban J connectivity index is 2.08. The monoisotopic (exact) mass is 278 g/mol. The summed E-state index contributed by atoms with van der Waals surface area (Å²) in [5.41, 5.74) is 6.10. The van der Waals surface area contributed by atoms with Gasteiger partial charge in [0.15, 0.2) is 5.01 Å². The van der Waals surface area contributed by atoms with E-state index < -0.39 is 11.2 Å². The number of hydrogen-bond acceptors (Lipinski definition) is 3. The average Bonchev–Trinajstić information content (AvgIpc) is 2.65. The zero-order valence-corrected chi connectivity index (χ0v) is 10.9. The van der Waals surface area contributed by atoms with Crippen LogP contribution in [0.1, 0.15) is 54.5 Å². The van der Waals surface area contributed by atoms with E-state index in [0.29, 0.717) is 22.1 Å². The highest BCUT2D eigenvalue weighted by molar-refractivity contribution is 7.11. The van der Waals surface area contributed by atoms with Gasteiger partial charge in [0.05, 0.1) is 0 Å². The second kappa shape index (κ2) is 5.57. The summed E-state index contributed by atoms with van der Waals surface area (Å²) < 4.78 is 37.4. The van der Waals surface area contributed by atoms with Crippen LogP contribution in [0.4, 0.5) is 13.2 Å². The molecule has 1 fully saturated rings. The van der Waals surface area contributed by atoms with Crippen LogP contribution in [0.15, 0.2) is 6.20 Å². The molecule has 1 aromatic heterocycles. The number of nitrogens with two attached hydrogens (primary N) is 1. The topological polar surface area (TPSA) is 38.9 Å². The van der Waals surface area contributed by atoms with Gasteiger partial charge in [0.1, 0.15) is 0 Å². The van der Waals surface area contributed by atoms with Gasteiger partial charge in [0, 0.05) is 17.1 Å². The number of hydrogen-bond donors (Lipinski definition) is 1. The third kappa shape index (κ3) is 3.23. The largest absolute Gasteiger partial charge is 0.443 e.